The highest BCUT2D eigenvalue weighted by Crippen LogP contribution is 2.32. The molecule has 0 unspecified atom stereocenters. The van der Waals surface area contributed by atoms with E-state index in [2.05, 4.69) is 11.1 Å². The van der Waals surface area contributed by atoms with Crippen LogP contribution in [0.4, 0.5) is 5.69 Å². The van der Waals surface area contributed by atoms with Gasteiger partial charge in [0.15, 0.2) is 5.17 Å². The summed E-state index contributed by atoms with van der Waals surface area (Å²) in [4.78, 5) is 19.6. The monoisotopic (exact) mass is 455 g/mol. The van der Waals surface area contributed by atoms with Crippen molar-refractivity contribution >= 4 is 34.6 Å². The number of aliphatic imine (C=N–C) groups is 1. The van der Waals surface area contributed by atoms with Gasteiger partial charge in [0, 0.05) is 11.8 Å². The van der Waals surface area contributed by atoms with Crippen molar-refractivity contribution in [3.05, 3.63) is 95.2 Å². The third kappa shape index (κ3) is 5.08. The van der Waals surface area contributed by atoms with Gasteiger partial charge < -0.3 is 9.47 Å². The van der Waals surface area contributed by atoms with E-state index in [4.69, 9.17) is 14.7 Å². The zero-order valence-corrected chi connectivity index (χ0v) is 19.0. The maximum atomic E-state index is 13.4. The molecule has 0 atom stereocenters. The Kier molecular flexibility index (Phi) is 6.77. The number of carbonyl (C=O) groups is 1. The molecule has 0 spiro atoms. The predicted octanol–water partition coefficient (Wildman–Crippen LogP) is 5.25. The lowest BCUT2D eigenvalue weighted by molar-refractivity contribution is -0.113. The Hall–Kier alpha value is -4.02. The molecule has 0 radical (unpaired) electrons. The summed E-state index contributed by atoms with van der Waals surface area (Å²) < 4.78 is 10.5. The normalized spacial score (nSPS) is 14.2. The predicted molar refractivity (Wildman–Crippen MR) is 131 cm³/mol. The minimum absolute atomic E-state index is 0.207. The van der Waals surface area contributed by atoms with Crippen molar-refractivity contribution in [3.63, 3.8) is 0 Å². The minimum atomic E-state index is -0.207. The largest absolute Gasteiger partial charge is 0.497 e. The highest BCUT2D eigenvalue weighted by molar-refractivity contribution is 8.13. The molecule has 1 amide bonds. The van der Waals surface area contributed by atoms with Gasteiger partial charge in [0.05, 0.1) is 31.5 Å². The smallest absolute Gasteiger partial charge is 0.283 e. The molecule has 0 bridgehead atoms. The van der Waals surface area contributed by atoms with Gasteiger partial charge in [-0.15, -0.1) is 0 Å². The van der Waals surface area contributed by atoms with E-state index in [-0.39, 0.29) is 5.91 Å². The number of nitrogens with zero attached hydrogens (tertiary/aromatic N) is 3. The van der Waals surface area contributed by atoms with Crippen molar-refractivity contribution in [3.8, 4) is 17.6 Å². The van der Waals surface area contributed by atoms with Gasteiger partial charge in [-0.1, -0.05) is 42.1 Å². The average Bonchev–Trinajstić information content (AvgIpc) is 3.18. The standard InChI is InChI=1S/C26H21N3O3S/c1-31-22-12-10-18(11-13-22)14-24-25(30)29(21-4-3-5-23(15-21)32-2)26(28-24)33-17-20-8-6-19(16-27)7-9-20/h3-15H,17H2,1-2H3/b24-14-. The van der Waals surface area contributed by atoms with Crippen LogP contribution in [0.5, 0.6) is 11.5 Å². The summed E-state index contributed by atoms with van der Waals surface area (Å²) in [5, 5.41) is 9.58. The van der Waals surface area contributed by atoms with Crippen LogP contribution in [-0.2, 0) is 10.5 Å². The number of rotatable bonds is 6. The molecule has 7 heteroatoms. The number of anilines is 1. The molecule has 0 saturated heterocycles. The van der Waals surface area contributed by atoms with E-state index < -0.39 is 0 Å². The number of nitriles is 1. The van der Waals surface area contributed by atoms with E-state index in [0.717, 1.165) is 16.9 Å². The molecule has 0 aromatic heterocycles. The molecule has 1 aliphatic rings. The number of thioether (sulfide) groups is 1. The molecule has 6 nitrogen and oxygen atoms in total. The zero-order valence-electron chi connectivity index (χ0n) is 18.2. The van der Waals surface area contributed by atoms with E-state index >= 15 is 0 Å². The Labute approximate surface area is 196 Å². The lowest BCUT2D eigenvalue weighted by Crippen LogP contribution is -2.30. The fraction of sp³-hybridized carbons (Fsp3) is 0.115. The van der Waals surface area contributed by atoms with Gasteiger partial charge in [-0.2, -0.15) is 5.26 Å². The molecule has 0 fully saturated rings. The summed E-state index contributed by atoms with van der Waals surface area (Å²) in [5.41, 5.74) is 3.54. The number of hydrogen-bond donors (Lipinski definition) is 0. The first-order valence-electron chi connectivity index (χ1n) is 10.2. The minimum Gasteiger partial charge on any atom is -0.497 e. The van der Waals surface area contributed by atoms with Crippen LogP contribution in [0.15, 0.2) is 83.5 Å². The van der Waals surface area contributed by atoms with Gasteiger partial charge in [-0.3, -0.25) is 9.69 Å². The van der Waals surface area contributed by atoms with E-state index in [0.29, 0.717) is 33.6 Å². The Balaban J connectivity index is 1.65. The zero-order chi connectivity index (χ0) is 23.2. The van der Waals surface area contributed by atoms with Crippen molar-refractivity contribution in [1.29, 1.82) is 5.26 Å². The number of carbonyl (C=O) groups excluding carboxylic acids is 1. The van der Waals surface area contributed by atoms with E-state index in [1.54, 1.807) is 37.3 Å². The fourth-order valence-electron chi connectivity index (χ4n) is 3.25. The summed E-state index contributed by atoms with van der Waals surface area (Å²) in [7, 11) is 3.20. The number of amides is 1. The SMILES string of the molecule is COc1ccc(/C=C2\N=C(SCc3ccc(C#N)cc3)N(c3cccc(OC)c3)C2=O)cc1. The van der Waals surface area contributed by atoms with Gasteiger partial charge in [0.2, 0.25) is 0 Å². The molecule has 33 heavy (non-hydrogen) atoms. The van der Waals surface area contributed by atoms with Gasteiger partial charge in [0.1, 0.15) is 17.2 Å². The quantitative estimate of drug-likeness (QED) is 0.475. The van der Waals surface area contributed by atoms with Crippen molar-refractivity contribution in [1.82, 2.24) is 0 Å². The molecular formula is C26H21N3O3S. The Morgan fingerprint density at radius 2 is 1.73 bits per heavy atom. The lowest BCUT2D eigenvalue weighted by atomic mass is 10.2. The van der Waals surface area contributed by atoms with E-state index in [1.165, 1.54) is 11.8 Å². The highest BCUT2D eigenvalue weighted by atomic mass is 32.2. The van der Waals surface area contributed by atoms with Gasteiger partial charge in [0.25, 0.3) is 5.91 Å². The first-order valence-corrected chi connectivity index (χ1v) is 11.1. The molecule has 3 aromatic carbocycles. The third-order valence-corrected chi connectivity index (χ3v) is 6.02. The molecule has 0 saturated carbocycles. The molecule has 164 valence electrons. The van der Waals surface area contributed by atoms with Gasteiger partial charge in [-0.05, 0) is 53.6 Å². The molecule has 3 aromatic rings. The van der Waals surface area contributed by atoms with Crippen LogP contribution in [0.2, 0.25) is 0 Å². The van der Waals surface area contributed by atoms with Gasteiger partial charge >= 0.3 is 0 Å². The second kappa shape index (κ2) is 10.1. The van der Waals surface area contributed by atoms with Crippen LogP contribution < -0.4 is 14.4 Å². The van der Waals surface area contributed by atoms with Crippen molar-refractivity contribution < 1.29 is 14.3 Å². The summed E-state index contributed by atoms with van der Waals surface area (Å²) in [5.74, 6) is 1.80. The van der Waals surface area contributed by atoms with E-state index in [1.807, 2.05) is 60.7 Å². The van der Waals surface area contributed by atoms with Crippen molar-refractivity contribution in [2.45, 2.75) is 5.75 Å². The van der Waals surface area contributed by atoms with Crippen LogP contribution in [0.25, 0.3) is 6.08 Å². The summed E-state index contributed by atoms with van der Waals surface area (Å²) in [6.45, 7) is 0. The van der Waals surface area contributed by atoms with Crippen LogP contribution >= 0.6 is 11.8 Å². The molecule has 0 aliphatic carbocycles. The summed E-state index contributed by atoms with van der Waals surface area (Å²) >= 11 is 1.46. The van der Waals surface area contributed by atoms with Gasteiger partial charge in [-0.25, -0.2) is 4.99 Å². The maximum Gasteiger partial charge on any atom is 0.283 e. The Morgan fingerprint density at radius 3 is 2.39 bits per heavy atom. The van der Waals surface area contributed by atoms with Crippen LogP contribution in [0.3, 0.4) is 0 Å². The van der Waals surface area contributed by atoms with Crippen LogP contribution in [0.1, 0.15) is 16.7 Å². The Bertz CT molecular complexity index is 1260. The maximum absolute atomic E-state index is 13.4. The number of benzene rings is 3. The summed E-state index contributed by atoms with van der Waals surface area (Å²) in [6.07, 6.45) is 1.77. The van der Waals surface area contributed by atoms with Crippen molar-refractivity contribution in [2.24, 2.45) is 4.99 Å². The lowest BCUT2D eigenvalue weighted by Gasteiger charge is -2.18. The summed E-state index contributed by atoms with van der Waals surface area (Å²) in [6, 6.07) is 24.3. The second-order valence-electron chi connectivity index (χ2n) is 7.14. The Morgan fingerprint density at radius 1 is 1.00 bits per heavy atom. The molecule has 1 heterocycles. The topological polar surface area (TPSA) is 74.9 Å². The number of ether oxygens (including phenoxy) is 2. The molecule has 4 rings (SSSR count). The first-order chi connectivity index (χ1) is 16.1. The molecular weight excluding hydrogens is 434 g/mol. The molecule has 0 N–H and O–H groups in total. The number of methoxy groups -OCH3 is 2. The second-order valence-corrected chi connectivity index (χ2v) is 8.08. The van der Waals surface area contributed by atoms with Crippen molar-refractivity contribution in [2.75, 3.05) is 19.1 Å². The van der Waals surface area contributed by atoms with E-state index in [9.17, 15) is 4.79 Å². The van der Waals surface area contributed by atoms with Crippen LogP contribution in [-0.4, -0.2) is 25.3 Å². The first kappa shape index (κ1) is 22.2. The number of amidine groups is 1. The molecule has 1 aliphatic heterocycles. The average molecular weight is 456 g/mol. The van der Waals surface area contributed by atoms with Crippen LogP contribution in [0, 0.1) is 11.3 Å². The highest BCUT2D eigenvalue weighted by Gasteiger charge is 2.32. The third-order valence-electron chi connectivity index (χ3n) is 5.01. The number of hydrogen-bond acceptors (Lipinski definition) is 6. The fourth-order valence-corrected chi connectivity index (χ4v) is 4.22.